The number of nitrogens with one attached hydrogen (secondary N) is 1. The monoisotopic (exact) mass is 269 g/mol. The quantitative estimate of drug-likeness (QED) is 0.864. The molecule has 100 valence electrons. The highest BCUT2D eigenvalue weighted by Crippen LogP contribution is 2.49. The predicted molar refractivity (Wildman–Crippen MR) is 74.5 cm³/mol. The van der Waals surface area contributed by atoms with Crippen molar-refractivity contribution in [3.63, 3.8) is 0 Å². The van der Waals surface area contributed by atoms with Crippen LogP contribution < -0.4 is 5.32 Å². The molecule has 1 aromatic carbocycles. The maximum atomic E-state index is 13.4. The van der Waals surface area contributed by atoms with Crippen LogP contribution in [0.25, 0.3) is 0 Å². The molecule has 1 aliphatic rings. The first-order valence-electron chi connectivity index (χ1n) is 6.49. The van der Waals surface area contributed by atoms with E-state index < -0.39 is 0 Å². The molecule has 0 amide bonds. The van der Waals surface area contributed by atoms with Crippen LogP contribution in [-0.4, -0.2) is 12.1 Å². The molecule has 0 heterocycles. The van der Waals surface area contributed by atoms with Crippen molar-refractivity contribution in [3.05, 3.63) is 34.6 Å². The molecule has 2 rings (SSSR count). The van der Waals surface area contributed by atoms with Crippen LogP contribution in [0.4, 0.5) is 4.39 Å². The Morgan fingerprint density at radius 2 is 2.00 bits per heavy atom. The van der Waals surface area contributed by atoms with Gasteiger partial charge in [-0.1, -0.05) is 23.7 Å². The SMILES string of the molecule is CC(C)(C)NCC1(Cc2cccc(F)c2Cl)CC1. The summed E-state index contributed by atoms with van der Waals surface area (Å²) in [5, 5.41) is 3.83. The fraction of sp³-hybridized carbons (Fsp3) is 0.600. The lowest BCUT2D eigenvalue weighted by molar-refractivity contribution is 0.356. The van der Waals surface area contributed by atoms with Crippen LogP contribution in [0.15, 0.2) is 18.2 Å². The van der Waals surface area contributed by atoms with Crippen molar-refractivity contribution in [2.45, 2.75) is 45.6 Å². The van der Waals surface area contributed by atoms with E-state index in [9.17, 15) is 4.39 Å². The number of hydrogen-bond acceptors (Lipinski definition) is 1. The average molecular weight is 270 g/mol. The number of benzene rings is 1. The van der Waals surface area contributed by atoms with Gasteiger partial charge in [-0.05, 0) is 57.1 Å². The van der Waals surface area contributed by atoms with Crippen LogP contribution in [0.1, 0.15) is 39.2 Å². The molecule has 1 N–H and O–H groups in total. The van der Waals surface area contributed by atoms with Crippen LogP contribution >= 0.6 is 11.6 Å². The summed E-state index contributed by atoms with van der Waals surface area (Å²) in [6.45, 7) is 7.47. The molecule has 0 aromatic heterocycles. The maximum absolute atomic E-state index is 13.4. The molecule has 0 aliphatic heterocycles. The third-order valence-electron chi connectivity index (χ3n) is 3.55. The zero-order chi connectivity index (χ0) is 13.4. The van der Waals surface area contributed by atoms with E-state index >= 15 is 0 Å². The van der Waals surface area contributed by atoms with Crippen LogP contribution in [-0.2, 0) is 6.42 Å². The summed E-state index contributed by atoms with van der Waals surface area (Å²) < 4.78 is 13.4. The van der Waals surface area contributed by atoms with E-state index in [1.165, 1.54) is 18.9 Å². The zero-order valence-corrected chi connectivity index (χ0v) is 12.1. The van der Waals surface area contributed by atoms with E-state index in [2.05, 4.69) is 26.1 Å². The van der Waals surface area contributed by atoms with E-state index in [4.69, 9.17) is 11.6 Å². The molecular formula is C15H21ClFN. The fourth-order valence-corrected chi connectivity index (χ4v) is 2.33. The van der Waals surface area contributed by atoms with Crippen LogP contribution in [0.3, 0.4) is 0 Å². The van der Waals surface area contributed by atoms with Crippen LogP contribution in [0.5, 0.6) is 0 Å². The first kappa shape index (κ1) is 13.8. The highest BCUT2D eigenvalue weighted by Gasteiger charge is 2.43. The summed E-state index contributed by atoms with van der Waals surface area (Å²) in [6, 6.07) is 5.09. The molecule has 1 aromatic rings. The minimum absolute atomic E-state index is 0.126. The molecule has 1 nitrogen and oxygen atoms in total. The van der Waals surface area contributed by atoms with Crippen molar-refractivity contribution in [1.82, 2.24) is 5.32 Å². The lowest BCUT2D eigenvalue weighted by Crippen LogP contribution is -2.40. The Hall–Kier alpha value is -0.600. The molecular weight excluding hydrogens is 249 g/mol. The van der Waals surface area contributed by atoms with E-state index in [0.29, 0.717) is 5.02 Å². The van der Waals surface area contributed by atoms with Gasteiger partial charge in [0.15, 0.2) is 0 Å². The third kappa shape index (κ3) is 3.46. The summed E-state index contributed by atoms with van der Waals surface area (Å²) in [5.41, 5.74) is 1.34. The van der Waals surface area contributed by atoms with Crippen LogP contribution in [0, 0.1) is 11.2 Å². The smallest absolute Gasteiger partial charge is 0.142 e. The second-order valence-electron chi connectivity index (χ2n) is 6.49. The summed E-state index contributed by atoms with van der Waals surface area (Å²) >= 11 is 6.02. The summed E-state index contributed by atoms with van der Waals surface area (Å²) in [7, 11) is 0. The van der Waals surface area contributed by atoms with Gasteiger partial charge in [0.25, 0.3) is 0 Å². The van der Waals surface area contributed by atoms with Gasteiger partial charge in [0.1, 0.15) is 5.82 Å². The predicted octanol–water partition coefficient (Wildman–Crippen LogP) is 4.19. The van der Waals surface area contributed by atoms with Crippen molar-refractivity contribution in [3.8, 4) is 0 Å². The van der Waals surface area contributed by atoms with Gasteiger partial charge in [-0.2, -0.15) is 0 Å². The summed E-state index contributed by atoms with van der Waals surface area (Å²) in [6.07, 6.45) is 3.26. The van der Waals surface area contributed by atoms with Gasteiger partial charge >= 0.3 is 0 Å². The first-order chi connectivity index (χ1) is 8.31. The molecule has 0 radical (unpaired) electrons. The Kier molecular flexibility index (Phi) is 3.70. The van der Waals surface area contributed by atoms with E-state index in [-0.39, 0.29) is 16.8 Å². The van der Waals surface area contributed by atoms with Gasteiger partial charge in [0.05, 0.1) is 5.02 Å². The lowest BCUT2D eigenvalue weighted by Gasteiger charge is -2.25. The highest BCUT2D eigenvalue weighted by atomic mass is 35.5. The molecule has 0 unspecified atom stereocenters. The topological polar surface area (TPSA) is 12.0 Å². The van der Waals surface area contributed by atoms with Gasteiger partial charge in [0, 0.05) is 12.1 Å². The summed E-state index contributed by atoms with van der Waals surface area (Å²) in [5.74, 6) is -0.311. The molecule has 0 spiro atoms. The van der Waals surface area contributed by atoms with Crippen molar-refractivity contribution in [2.24, 2.45) is 5.41 Å². The van der Waals surface area contributed by atoms with Crippen molar-refractivity contribution in [1.29, 1.82) is 0 Å². The molecule has 3 heteroatoms. The van der Waals surface area contributed by atoms with E-state index in [0.717, 1.165) is 18.5 Å². The second-order valence-corrected chi connectivity index (χ2v) is 6.87. The fourth-order valence-electron chi connectivity index (χ4n) is 2.13. The average Bonchev–Trinajstić information content (AvgIpc) is 3.02. The molecule has 0 bridgehead atoms. The Morgan fingerprint density at radius 3 is 2.56 bits per heavy atom. The molecule has 0 atom stereocenters. The van der Waals surface area contributed by atoms with Gasteiger partial charge in [-0.15, -0.1) is 0 Å². The molecule has 1 aliphatic carbocycles. The molecule has 18 heavy (non-hydrogen) atoms. The number of rotatable bonds is 4. The second kappa shape index (κ2) is 4.82. The maximum Gasteiger partial charge on any atom is 0.142 e. The third-order valence-corrected chi connectivity index (χ3v) is 3.97. The molecule has 0 saturated heterocycles. The normalized spacial score (nSPS) is 17.8. The van der Waals surface area contributed by atoms with Crippen LogP contribution in [0.2, 0.25) is 5.02 Å². The van der Waals surface area contributed by atoms with Crippen molar-refractivity contribution >= 4 is 11.6 Å². The number of hydrogen-bond donors (Lipinski definition) is 1. The largest absolute Gasteiger partial charge is 0.312 e. The standard InChI is InChI=1S/C15H21ClFN/c1-14(2,3)18-10-15(7-8-15)9-11-5-4-6-12(17)13(11)16/h4-6,18H,7-10H2,1-3H3. The Bertz CT molecular complexity index is 433. The van der Waals surface area contributed by atoms with Gasteiger partial charge in [0.2, 0.25) is 0 Å². The van der Waals surface area contributed by atoms with Crippen molar-refractivity contribution in [2.75, 3.05) is 6.54 Å². The Balaban J connectivity index is 2.03. The highest BCUT2D eigenvalue weighted by molar-refractivity contribution is 6.31. The van der Waals surface area contributed by atoms with E-state index in [1.54, 1.807) is 6.07 Å². The van der Waals surface area contributed by atoms with Gasteiger partial charge in [-0.3, -0.25) is 0 Å². The lowest BCUT2D eigenvalue weighted by atomic mass is 9.95. The minimum Gasteiger partial charge on any atom is -0.312 e. The van der Waals surface area contributed by atoms with Gasteiger partial charge < -0.3 is 5.32 Å². The molecule has 1 saturated carbocycles. The molecule has 1 fully saturated rings. The van der Waals surface area contributed by atoms with Gasteiger partial charge in [-0.25, -0.2) is 4.39 Å². The Morgan fingerprint density at radius 1 is 1.33 bits per heavy atom. The zero-order valence-electron chi connectivity index (χ0n) is 11.3. The first-order valence-corrected chi connectivity index (χ1v) is 6.87. The van der Waals surface area contributed by atoms with E-state index in [1.807, 2.05) is 6.07 Å². The van der Waals surface area contributed by atoms with Crippen molar-refractivity contribution < 1.29 is 4.39 Å². The number of halogens is 2. The Labute approximate surface area is 114 Å². The minimum atomic E-state index is -0.311. The summed E-state index contributed by atoms with van der Waals surface area (Å²) in [4.78, 5) is 0.